The Hall–Kier alpha value is -2.74. The molecule has 3 atom stereocenters. The Bertz CT molecular complexity index is 1010. The topological polar surface area (TPSA) is 69.6 Å². The Morgan fingerprint density at radius 2 is 1.71 bits per heavy atom. The van der Waals surface area contributed by atoms with Crippen LogP contribution in [-0.2, 0) is 6.18 Å². The lowest BCUT2D eigenvalue weighted by molar-refractivity contribution is -0.138. The van der Waals surface area contributed by atoms with E-state index >= 15 is 0 Å². The second kappa shape index (κ2) is 8.07. The fourth-order valence-electron chi connectivity index (χ4n) is 4.83. The van der Waals surface area contributed by atoms with Gasteiger partial charge in [0.25, 0.3) is 0 Å². The van der Waals surface area contributed by atoms with Crippen molar-refractivity contribution in [3.8, 4) is 0 Å². The van der Waals surface area contributed by atoms with E-state index in [1.165, 1.54) is 24.3 Å². The molecule has 5 nitrogen and oxygen atoms in total. The van der Waals surface area contributed by atoms with Crippen LogP contribution in [0.4, 0.5) is 23.7 Å². The zero-order valence-corrected chi connectivity index (χ0v) is 17.1. The molecular formula is C22H20ClF3N2O3. The van der Waals surface area contributed by atoms with E-state index in [0.717, 1.165) is 6.07 Å². The molecule has 1 saturated heterocycles. The summed E-state index contributed by atoms with van der Waals surface area (Å²) >= 11 is 5.84. The lowest BCUT2D eigenvalue weighted by Crippen LogP contribution is -2.34. The Morgan fingerprint density at radius 1 is 1.06 bits per heavy atom. The quantitative estimate of drug-likeness (QED) is 0.626. The van der Waals surface area contributed by atoms with Crippen LogP contribution in [0.2, 0.25) is 5.02 Å². The Morgan fingerprint density at radius 3 is 2.32 bits per heavy atom. The number of halogens is 4. The molecule has 0 spiro atoms. The average Bonchev–Trinajstić information content (AvgIpc) is 3.28. The van der Waals surface area contributed by atoms with Gasteiger partial charge in [-0.25, -0.2) is 9.59 Å². The maximum Gasteiger partial charge on any atom is 0.416 e. The highest BCUT2D eigenvalue weighted by molar-refractivity contribution is 6.31. The summed E-state index contributed by atoms with van der Waals surface area (Å²) in [7, 11) is 0. The van der Waals surface area contributed by atoms with Crippen molar-refractivity contribution in [3.63, 3.8) is 0 Å². The first-order valence-electron chi connectivity index (χ1n) is 9.88. The van der Waals surface area contributed by atoms with Gasteiger partial charge in [-0.1, -0.05) is 29.8 Å². The summed E-state index contributed by atoms with van der Waals surface area (Å²) in [4.78, 5) is 25.7. The highest BCUT2D eigenvalue weighted by Gasteiger charge is 2.45. The number of aromatic carboxylic acids is 1. The van der Waals surface area contributed by atoms with Crippen LogP contribution in [0.3, 0.4) is 0 Å². The van der Waals surface area contributed by atoms with E-state index in [9.17, 15) is 27.9 Å². The van der Waals surface area contributed by atoms with Crippen molar-refractivity contribution in [3.05, 3.63) is 64.2 Å². The van der Waals surface area contributed by atoms with Crippen LogP contribution in [0.1, 0.15) is 40.2 Å². The minimum atomic E-state index is -4.39. The smallest absolute Gasteiger partial charge is 0.416 e. The lowest BCUT2D eigenvalue weighted by Gasteiger charge is -2.22. The van der Waals surface area contributed by atoms with Gasteiger partial charge in [0.05, 0.1) is 16.8 Å². The van der Waals surface area contributed by atoms with Crippen molar-refractivity contribution in [2.45, 2.75) is 24.9 Å². The average molecular weight is 453 g/mol. The third-order valence-electron chi connectivity index (χ3n) is 6.20. The van der Waals surface area contributed by atoms with Gasteiger partial charge in [0.2, 0.25) is 0 Å². The molecule has 2 aliphatic rings. The second-order valence-electron chi connectivity index (χ2n) is 8.10. The minimum Gasteiger partial charge on any atom is -0.478 e. The van der Waals surface area contributed by atoms with Gasteiger partial charge >= 0.3 is 18.2 Å². The van der Waals surface area contributed by atoms with E-state index in [0.29, 0.717) is 31.5 Å². The molecule has 1 heterocycles. The molecule has 1 aliphatic heterocycles. The fraction of sp³-hybridized carbons (Fsp3) is 0.364. The van der Waals surface area contributed by atoms with Gasteiger partial charge in [0.15, 0.2) is 0 Å². The van der Waals surface area contributed by atoms with Crippen molar-refractivity contribution in [2.24, 2.45) is 11.8 Å². The number of amides is 2. The molecule has 164 valence electrons. The molecule has 31 heavy (non-hydrogen) atoms. The van der Waals surface area contributed by atoms with Gasteiger partial charge in [-0.3, -0.25) is 0 Å². The number of rotatable bonds is 3. The molecule has 2 aromatic carbocycles. The number of hydrogen-bond acceptors (Lipinski definition) is 2. The molecule has 2 aromatic rings. The third kappa shape index (κ3) is 4.35. The minimum absolute atomic E-state index is 0.107. The molecule has 0 bridgehead atoms. The summed E-state index contributed by atoms with van der Waals surface area (Å²) in [6, 6.07) is 9.46. The number of fused-ring (bicyclic) bond motifs is 1. The normalized spacial score (nSPS) is 23.0. The van der Waals surface area contributed by atoms with Crippen molar-refractivity contribution in [2.75, 3.05) is 18.4 Å². The van der Waals surface area contributed by atoms with Crippen molar-refractivity contribution < 1.29 is 27.9 Å². The van der Waals surface area contributed by atoms with Crippen LogP contribution >= 0.6 is 11.6 Å². The summed E-state index contributed by atoms with van der Waals surface area (Å²) in [6.45, 7) is 0.856. The number of carbonyl (C=O) groups excluding carboxylic acids is 1. The van der Waals surface area contributed by atoms with Crippen LogP contribution in [0.25, 0.3) is 0 Å². The Kier molecular flexibility index (Phi) is 5.60. The third-order valence-corrected chi connectivity index (χ3v) is 6.43. The van der Waals surface area contributed by atoms with Gasteiger partial charge in [0.1, 0.15) is 0 Å². The maximum atomic E-state index is 13.4. The molecular weight excluding hydrogens is 433 g/mol. The van der Waals surface area contributed by atoms with Crippen molar-refractivity contribution >= 4 is 29.3 Å². The zero-order valence-electron chi connectivity index (χ0n) is 16.3. The number of carbonyl (C=O) groups is 2. The molecule has 0 radical (unpaired) electrons. The highest BCUT2D eigenvalue weighted by atomic mass is 35.5. The monoisotopic (exact) mass is 452 g/mol. The van der Waals surface area contributed by atoms with E-state index in [1.807, 2.05) is 0 Å². The number of likely N-dealkylation sites (tertiary alicyclic amines) is 1. The Labute approximate surface area is 181 Å². The molecule has 2 unspecified atom stereocenters. The summed E-state index contributed by atoms with van der Waals surface area (Å²) < 4.78 is 40.1. The lowest BCUT2D eigenvalue weighted by atomic mass is 9.91. The van der Waals surface area contributed by atoms with Crippen LogP contribution in [0.5, 0.6) is 0 Å². The van der Waals surface area contributed by atoms with E-state index in [1.54, 1.807) is 17.0 Å². The molecule has 1 saturated carbocycles. The number of carboxylic acids is 1. The summed E-state index contributed by atoms with van der Waals surface area (Å²) in [5.41, 5.74) is -0.216. The van der Waals surface area contributed by atoms with Crippen molar-refractivity contribution in [1.82, 2.24) is 4.90 Å². The van der Waals surface area contributed by atoms with Gasteiger partial charge in [-0.15, -0.1) is 0 Å². The van der Waals surface area contributed by atoms with Crippen LogP contribution in [-0.4, -0.2) is 35.1 Å². The van der Waals surface area contributed by atoms with E-state index in [-0.39, 0.29) is 34.0 Å². The number of benzene rings is 2. The van der Waals surface area contributed by atoms with Crippen molar-refractivity contribution in [1.29, 1.82) is 0 Å². The number of anilines is 1. The SMILES string of the molecule is O=C(O)c1cc(Cl)ccc1NC(=O)N1CC2CC(c3ccccc3C(F)(F)F)C[C@H]2C1. The standard InChI is InChI=1S/C22H20ClF3N2O3/c23-15-5-6-19(17(9-15)20(29)30)27-21(31)28-10-13-7-12(8-14(13)11-28)16-3-1-2-4-18(16)22(24,25)26/h1-6,9,12-14H,7-8,10-11H2,(H,27,31)(H,29,30)/t12?,13-,14?/m0/s1. The van der Waals surface area contributed by atoms with Gasteiger partial charge in [0, 0.05) is 18.1 Å². The van der Waals surface area contributed by atoms with Crippen LogP contribution < -0.4 is 5.32 Å². The van der Waals surface area contributed by atoms with Crippen LogP contribution in [0, 0.1) is 11.8 Å². The first kappa shape index (κ1) is 21.5. The molecule has 2 fully saturated rings. The van der Waals surface area contributed by atoms with Gasteiger partial charge in [-0.2, -0.15) is 13.2 Å². The molecule has 9 heteroatoms. The number of urea groups is 1. The molecule has 2 amide bonds. The second-order valence-corrected chi connectivity index (χ2v) is 8.54. The molecule has 0 aromatic heterocycles. The van der Waals surface area contributed by atoms with E-state index in [2.05, 4.69) is 5.32 Å². The van der Waals surface area contributed by atoms with Gasteiger partial charge in [-0.05, 0) is 60.4 Å². The summed E-state index contributed by atoms with van der Waals surface area (Å²) in [5, 5.41) is 12.2. The molecule has 1 aliphatic carbocycles. The molecule has 2 N–H and O–H groups in total. The number of carboxylic acid groups (broad SMARTS) is 1. The van der Waals surface area contributed by atoms with Gasteiger partial charge < -0.3 is 15.3 Å². The summed E-state index contributed by atoms with van der Waals surface area (Å²) in [6.07, 6.45) is -3.22. The number of nitrogens with one attached hydrogen (secondary N) is 1. The predicted octanol–water partition coefficient (Wildman–Crippen LogP) is 5.71. The summed E-state index contributed by atoms with van der Waals surface area (Å²) in [5.74, 6) is -1.17. The largest absolute Gasteiger partial charge is 0.478 e. The molecule has 4 rings (SSSR count). The zero-order chi connectivity index (χ0) is 22.3. The predicted molar refractivity (Wildman–Crippen MR) is 109 cm³/mol. The number of alkyl halides is 3. The number of hydrogen-bond donors (Lipinski definition) is 2. The first-order chi connectivity index (χ1) is 14.6. The van der Waals surface area contributed by atoms with E-state index in [4.69, 9.17) is 11.6 Å². The fourth-order valence-corrected chi connectivity index (χ4v) is 5.00. The van der Waals surface area contributed by atoms with E-state index < -0.39 is 23.7 Å². The van der Waals surface area contributed by atoms with Crippen LogP contribution in [0.15, 0.2) is 42.5 Å². The number of nitrogens with zero attached hydrogens (tertiary/aromatic N) is 1. The maximum absolute atomic E-state index is 13.4. The first-order valence-corrected chi connectivity index (χ1v) is 10.3. The Balaban J connectivity index is 1.43. The highest BCUT2D eigenvalue weighted by Crippen LogP contribution is 2.48.